The van der Waals surface area contributed by atoms with E-state index < -0.39 is 17.8 Å². The first-order valence-corrected chi connectivity index (χ1v) is 8.14. The molecule has 3 aromatic rings. The molecule has 10 heteroatoms. The Hall–Kier alpha value is -3.14. The summed E-state index contributed by atoms with van der Waals surface area (Å²) in [6, 6.07) is 5.17. The monoisotopic (exact) mass is 394 g/mol. The number of carbonyl (C=O) groups is 1. The second-order valence-electron chi connectivity index (χ2n) is 6.10. The van der Waals surface area contributed by atoms with Crippen molar-refractivity contribution in [3.8, 4) is 17.2 Å². The van der Waals surface area contributed by atoms with Gasteiger partial charge in [0.2, 0.25) is 5.89 Å². The van der Waals surface area contributed by atoms with Crippen molar-refractivity contribution >= 4 is 16.8 Å². The number of hydrogen-bond donors (Lipinski definition) is 1. The predicted octanol–water partition coefficient (Wildman–Crippen LogP) is 3.08. The third kappa shape index (κ3) is 3.38. The number of methoxy groups -OCH3 is 1. The lowest BCUT2D eigenvalue weighted by Crippen LogP contribution is -2.23. The molecule has 0 bridgehead atoms. The Morgan fingerprint density at radius 1 is 1.21 bits per heavy atom. The molecule has 2 heterocycles. The van der Waals surface area contributed by atoms with Gasteiger partial charge in [0.05, 0.1) is 13.7 Å². The lowest BCUT2D eigenvalue weighted by Gasteiger charge is -2.11. The van der Waals surface area contributed by atoms with Gasteiger partial charge in [-0.15, -0.1) is 0 Å². The average Bonchev–Trinajstić information content (AvgIpc) is 3.09. The molecule has 1 amide bonds. The van der Waals surface area contributed by atoms with Gasteiger partial charge in [-0.1, -0.05) is 0 Å². The summed E-state index contributed by atoms with van der Waals surface area (Å²) in [6.45, 7) is -0.0630. The van der Waals surface area contributed by atoms with Crippen molar-refractivity contribution in [2.75, 3.05) is 21.2 Å². The lowest BCUT2D eigenvalue weighted by molar-refractivity contribution is -0.140. The quantitative estimate of drug-likeness (QED) is 0.731. The smallest absolute Gasteiger partial charge is 0.433 e. The number of oxazole rings is 1. The summed E-state index contributed by atoms with van der Waals surface area (Å²) in [5, 5.41) is 0.334. The number of hydrogen-bond acceptors (Lipinski definition) is 6. The van der Waals surface area contributed by atoms with E-state index in [0.717, 1.165) is 6.07 Å². The fraction of sp³-hybridized carbons (Fsp3) is 0.278. The molecule has 2 N–H and O–H groups in total. The van der Waals surface area contributed by atoms with Gasteiger partial charge in [-0.2, -0.15) is 13.2 Å². The number of alkyl halides is 3. The normalized spacial score (nSPS) is 11.7. The molecule has 0 unspecified atom stereocenters. The maximum atomic E-state index is 13.1. The predicted molar refractivity (Wildman–Crippen MR) is 94.7 cm³/mol. The summed E-state index contributed by atoms with van der Waals surface area (Å²) in [7, 11) is 4.45. The number of ether oxygens (including phenoxy) is 1. The number of rotatable bonds is 4. The highest BCUT2D eigenvalue weighted by Gasteiger charge is 2.33. The van der Waals surface area contributed by atoms with Gasteiger partial charge in [0.1, 0.15) is 17.0 Å². The van der Waals surface area contributed by atoms with Crippen LogP contribution in [0.1, 0.15) is 21.9 Å². The molecule has 0 atom stereocenters. The van der Waals surface area contributed by atoms with E-state index in [1.165, 1.54) is 24.1 Å². The molecule has 2 aromatic heterocycles. The summed E-state index contributed by atoms with van der Waals surface area (Å²) >= 11 is 0. The molecular formula is C18H17F3N4O3. The molecule has 148 valence electrons. The van der Waals surface area contributed by atoms with Gasteiger partial charge in [0.25, 0.3) is 5.91 Å². The van der Waals surface area contributed by atoms with E-state index in [-0.39, 0.29) is 35.2 Å². The standard InChI is InChI=1S/C18H17F3N4O3/c1-25(2)17(26)15-12(8-22)28-16(24-15)10-4-6-11(27-3)14-9(10)5-7-13(23-14)18(19,20)21/h4-7H,8,22H2,1-3H3. The number of amides is 1. The largest absolute Gasteiger partial charge is 0.494 e. The number of pyridine rings is 1. The molecule has 0 aliphatic carbocycles. The van der Waals surface area contributed by atoms with Crippen LogP contribution in [0.4, 0.5) is 13.2 Å². The number of nitrogens with zero attached hydrogens (tertiary/aromatic N) is 3. The van der Waals surface area contributed by atoms with Crippen molar-refractivity contribution in [2.45, 2.75) is 12.7 Å². The van der Waals surface area contributed by atoms with Gasteiger partial charge in [-0.25, -0.2) is 9.97 Å². The van der Waals surface area contributed by atoms with Crippen molar-refractivity contribution in [3.63, 3.8) is 0 Å². The maximum Gasteiger partial charge on any atom is 0.433 e. The fourth-order valence-electron chi connectivity index (χ4n) is 2.69. The van der Waals surface area contributed by atoms with Gasteiger partial charge < -0.3 is 19.8 Å². The number of nitrogens with two attached hydrogens (primary N) is 1. The highest BCUT2D eigenvalue weighted by molar-refractivity contribution is 5.98. The van der Waals surface area contributed by atoms with Gasteiger partial charge in [0.15, 0.2) is 11.5 Å². The highest BCUT2D eigenvalue weighted by atomic mass is 19.4. The van der Waals surface area contributed by atoms with E-state index in [9.17, 15) is 18.0 Å². The minimum absolute atomic E-state index is 0.00260. The van der Waals surface area contributed by atoms with Crippen LogP contribution in [0.3, 0.4) is 0 Å². The molecule has 0 fully saturated rings. The molecule has 0 saturated heterocycles. The van der Waals surface area contributed by atoms with E-state index in [1.54, 1.807) is 20.2 Å². The second kappa shape index (κ2) is 7.12. The van der Waals surface area contributed by atoms with Crippen LogP contribution in [-0.4, -0.2) is 42.0 Å². The minimum atomic E-state index is -4.60. The summed E-state index contributed by atoms with van der Waals surface area (Å²) in [5.41, 5.74) is 5.01. The van der Waals surface area contributed by atoms with Crippen LogP contribution in [-0.2, 0) is 12.7 Å². The third-order valence-corrected chi connectivity index (χ3v) is 4.05. The van der Waals surface area contributed by atoms with Crippen LogP contribution < -0.4 is 10.5 Å². The van der Waals surface area contributed by atoms with E-state index in [4.69, 9.17) is 14.9 Å². The molecule has 0 aliphatic heterocycles. The Balaban J connectivity index is 2.23. The van der Waals surface area contributed by atoms with E-state index in [2.05, 4.69) is 9.97 Å². The van der Waals surface area contributed by atoms with Crippen LogP contribution in [0.5, 0.6) is 5.75 Å². The van der Waals surface area contributed by atoms with Crippen LogP contribution >= 0.6 is 0 Å². The van der Waals surface area contributed by atoms with Gasteiger partial charge >= 0.3 is 6.18 Å². The number of aromatic nitrogens is 2. The molecule has 7 nitrogen and oxygen atoms in total. The summed E-state index contributed by atoms with van der Waals surface area (Å²) in [6.07, 6.45) is -4.60. The van der Waals surface area contributed by atoms with Crippen LogP contribution in [0.15, 0.2) is 28.7 Å². The Bertz CT molecular complexity index is 1040. The first-order chi connectivity index (χ1) is 13.2. The Morgan fingerprint density at radius 2 is 1.93 bits per heavy atom. The van der Waals surface area contributed by atoms with E-state index >= 15 is 0 Å². The number of halogens is 3. The summed E-state index contributed by atoms with van der Waals surface area (Å²) in [4.78, 5) is 21.5. The molecule has 28 heavy (non-hydrogen) atoms. The summed E-state index contributed by atoms with van der Waals surface area (Å²) < 4.78 is 49.9. The van der Waals surface area contributed by atoms with Crippen molar-refractivity contribution in [1.82, 2.24) is 14.9 Å². The Labute approximate surface area is 157 Å². The molecule has 1 aromatic carbocycles. The van der Waals surface area contributed by atoms with Crippen molar-refractivity contribution in [1.29, 1.82) is 0 Å². The first-order valence-electron chi connectivity index (χ1n) is 8.14. The van der Waals surface area contributed by atoms with E-state index in [1.807, 2.05) is 0 Å². The Morgan fingerprint density at radius 3 is 2.50 bits per heavy atom. The fourth-order valence-corrected chi connectivity index (χ4v) is 2.69. The van der Waals surface area contributed by atoms with Crippen LogP contribution in [0.2, 0.25) is 0 Å². The second-order valence-corrected chi connectivity index (χ2v) is 6.10. The average molecular weight is 394 g/mol. The molecule has 0 radical (unpaired) electrons. The van der Waals surface area contributed by atoms with Gasteiger partial charge in [-0.05, 0) is 24.3 Å². The van der Waals surface area contributed by atoms with Gasteiger partial charge in [-0.3, -0.25) is 4.79 Å². The summed E-state index contributed by atoms with van der Waals surface area (Å²) in [5.74, 6) is 0.00296. The molecular weight excluding hydrogens is 377 g/mol. The zero-order valence-electron chi connectivity index (χ0n) is 15.3. The minimum Gasteiger partial charge on any atom is -0.494 e. The van der Waals surface area contributed by atoms with E-state index in [0.29, 0.717) is 10.9 Å². The van der Waals surface area contributed by atoms with Crippen LogP contribution in [0.25, 0.3) is 22.4 Å². The Kier molecular flexibility index (Phi) is 4.99. The van der Waals surface area contributed by atoms with Crippen LogP contribution in [0, 0.1) is 0 Å². The zero-order chi connectivity index (χ0) is 20.6. The molecule has 3 rings (SSSR count). The number of benzene rings is 1. The highest BCUT2D eigenvalue weighted by Crippen LogP contribution is 2.36. The molecule has 0 spiro atoms. The molecule has 0 aliphatic rings. The third-order valence-electron chi connectivity index (χ3n) is 4.05. The first kappa shape index (κ1) is 19.6. The van der Waals surface area contributed by atoms with Crippen molar-refractivity contribution in [3.05, 3.63) is 41.4 Å². The van der Waals surface area contributed by atoms with Gasteiger partial charge in [0, 0.05) is 25.0 Å². The van der Waals surface area contributed by atoms with Crippen molar-refractivity contribution in [2.24, 2.45) is 5.73 Å². The lowest BCUT2D eigenvalue weighted by atomic mass is 10.1. The SMILES string of the molecule is COc1ccc(-c2nc(C(=O)N(C)C)c(CN)o2)c2ccc(C(F)(F)F)nc12. The maximum absolute atomic E-state index is 13.1. The van der Waals surface area contributed by atoms with Crippen molar-refractivity contribution < 1.29 is 27.1 Å². The zero-order valence-corrected chi connectivity index (χ0v) is 15.3. The number of fused-ring (bicyclic) bond motifs is 1. The molecule has 0 saturated carbocycles. The number of carbonyl (C=O) groups excluding carboxylic acids is 1. The topological polar surface area (TPSA) is 94.5 Å².